The van der Waals surface area contributed by atoms with Crippen LogP contribution in [0.25, 0.3) is 0 Å². The normalized spacial score (nSPS) is 12.0. The summed E-state index contributed by atoms with van der Waals surface area (Å²) in [5.41, 5.74) is 0.535. The van der Waals surface area contributed by atoms with Gasteiger partial charge >= 0.3 is 0 Å². The number of methoxy groups -OCH3 is 1. The molecule has 0 saturated heterocycles. The van der Waals surface area contributed by atoms with Crippen molar-refractivity contribution in [3.05, 3.63) is 23.8 Å². The van der Waals surface area contributed by atoms with Gasteiger partial charge in [0.25, 0.3) is 0 Å². The summed E-state index contributed by atoms with van der Waals surface area (Å²) >= 11 is 0. The third-order valence-electron chi connectivity index (χ3n) is 2.56. The van der Waals surface area contributed by atoms with Crippen molar-refractivity contribution in [3.63, 3.8) is 0 Å². The van der Waals surface area contributed by atoms with Crippen LogP contribution < -0.4 is 9.47 Å². The molecule has 0 heterocycles. The van der Waals surface area contributed by atoms with Crippen LogP contribution in [0.2, 0.25) is 0 Å². The van der Waals surface area contributed by atoms with Gasteiger partial charge in [-0.05, 0) is 25.0 Å². The van der Waals surface area contributed by atoms with E-state index in [1.54, 1.807) is 25.3 Å². The summed E-state index contributed by atoms with van der Waals surface area (Å²) in [7, 11) is 1.59. The Labute approximate surface area is 96.6 Å². The van der Waals surface area contributed by atoms with Crippen molar-refractivity contribution >= 4 is 0 Å². The first-order valence-corrected chi connectivity index (χ1v) is 5.33. The van der Waals surface area contributed by atoms with Gasteiger partial charge in [0.2, 0.25) is 0 Å². The Bertz CT molecular complexity index is 393. The van der Waals surface area contributed by atoms with E-state index in [-0.39, 0.29) is 6.10 Å². The molecule has 0 aromatic heterocycles. The van der Waals surface area contributed by atoms with Crippen LogP contribution in [-0.2, 0) is 0 Å². The molecular formula is C13H17NO2. The molecule has 86 valence electrons. The number of ether oxygens (including phenoxy) is 2. The van der Waals surface area contributed by atoms with Crippen LogP contribution in [0.1, 0.15) is 26.3 Å². The first-order chi connectivity index (χ1) is 7.58. The lowest BCUT2D eigenvalue weighted by Gasteiger charge is -2.19. The predicted molar refractivity (Wildman–Crippen MR) is 62.6 cm³/mol. The van der Waals surface area contributed by atoms with E-state index in [1.165, 1.54) is 0 Å². The van der Waals surface area contributed by atoms with Crippen LogP contribution in [0.5, 0.6) is 11.5 Å². The van der Waals surface area contributed by atoms with Gasteiger partial charge in [0, 0.05) is 6.07 Å². The topological polar surface area (TPSA) is 42.2 Å². The van der Waals surface area contributed by atoms with E-state index < -0.39 is 0 Å². The Kier molecular flexibility index (Phi) is 4.19. The zero-order chi connectivity index (χ0) is 12.1. The molecule has 1 aromatic carbocycles. The Morgan fingerprint density at radius 3 is 2.44 bits per heavy atom. The van der Waals surface area contributed by atoms with Crippen molar-refractivity contribution in [3.8, 4) is 17.6 Å². The molecule has 3 nitrogen and oxygen atoms in total. The van der Waals surface area contributed by atoms with E-state index >= 15 is 0 Å². The third kappa shape index (κ3) is 2.90. The Morgan fingerprint density at radius 2 is 1.94 bits per heavy atom. The molecule has 0 aliphatic carbocycles. The van der Waals surface area contributed by atoms with E-state index in [0.717, 1.165) is 0 Å². The fraction of sp³-hybridized carbons (Fsp3) is 0.462. The van der Waals surface area contributed by atoms with Gasteiger partial charge in [0.15, 0.2) is 0 Å². The number of nitriles is 1. The van der Waals surface area contributed by atoms with Crippen LogP contribution in [0.4, 0.5) is 0 Å². The maximum Gasteiger partial charge on any atom is 0.141 e. The van der Waals surface area contributed by atoms with Crippen molar-refractivity contribution in [1.82, 2.24) is 0 Å². The van der Waals surface area contributed by atoms with Crippen molar-refractivity contribution in [1.29, 1.82) is 5.26 Å². The molecule has 1 aromatic rings. The highest BCUT2D eigenvalue weighted by atomic mass is 16.5. The molecule has 0 aliphatic heterocycles. The predicted octanol–water partition coefficient (Wildman–Crippen LogP) is 2.99. The molecule has 0 aliphatic rings. The minimum atomic E-state index is 0.0687. The van der Waals surface area contributed by atoms with Crippen LogP contribution in [0.3, 0.4) is 0 Å². The summed E-state index contributed by atoms with van der Waals surface area (Å²) in [5, 5.41) is 8.96. The van der Waals surface area contributed by atoms with Crippen molar-refractivity contribution in [2.24, 2.45) is 5.92 Å². The van der Waals surface area contributed by atoms with Gasteiger partial charge in [-0.15, -0.1) is 0 Å². The summed E-state index contributed by atoms with van der Waals surface area (Å²) in [6, 6.07) is 7.32. The zero-order valence-corrected chi connectivity index (χ0v) is 10.2. The van der Waals surface area contributed by atoms with Crippen LogP contribution in [0.15, 0.2) is 18.2 Å². The molecule has 0 amide bonds. The summed E-state index contributed by atoms with van der Waals surface area (Å²) in [5.74, 6) is 1.69. The summed E-state index contributed by atoms with van der Waals surface area (Å²) in [6.45, 7) is 6.15. The molecular weight excluding hydrogens is 202 g/mol. The Morgan fingerprint density at radius 1 is 1.25 bits per heavy atom. The molecule has 0 spiro atoms. The van der Waals surface area contributed by atoms with E-state index in [4.69, 9.17) is 14.7 Å². The molecule has 1 rings (SSSR count). The lowest BCUT2D eigenvalue weighted by Crippen LogP contribution is -2.19. The molecule has 0 saturated carbocycles. The van der Waals surface area contributed by atoms with Gasteiger partial charge in [-0.3, -0.25) is 0 Å². The van der Waals surface area contributed by atoms with Gasteiger partial charge in [0.05, 0.1) is 18.8 Å². The average Bonchev–Trinajstić information content (AvgIpc) is 2.28. The van der Waals surface area contributed by atoms with E-state index in [9.17, 15) is 0 Å². The van der Waals surface area contributed by atoms with E-state index in [2.05, 4.69) is 19.9 Å². The van der Waals surface area contributed by atoms with Crippen molar-refractivity contribution < 1.29 is 9.47 Å². The maximum absolute atomic E-state index is 8.96. The molecule has 0 N–H and O–H groups in total. The largest absolute Gasteiger partial charge is 0.497 e. The average molecular weight is 219 g/mol. The van der Waals surface area contributed by atoms with Crippen molar-refractivity contribution in [2.45, 2.75) is 26.9 Å². The van der Waals surface area contributed by atoms with Crippen LogP contribution >= 0.6 is 0 Å². The molecule has 16 heavy (non-hydrogen) atoms. The fourth-order valence-electron chi connectivity index (χ4n) is 1.16. The monoisotopic (exact) mass is 219 g/mol. The van der Waals surface area contributed by atoms with Gasteiger partial charge in [-0.1, -0.05) is 13.8 Å². The molecule has 0 bridgehead atoms. The Balaban J connectivity index is 2.96. The summed E-state index contributed by atoms with van der Waals surface area (Å²) < 4.78 is 10.8. The highest BCUT2D eigenvalue weighted by molar-refractivity contribution is 5.47. The van der Waals surface area contributed by atoms with Gasteiger partial charge in [-0.25, -0.2) is 0 Å². The van der Waals surface area contributed by atoms with Gasteiger partial charge in [-0.2, -0.15) is 5.26 Å². The number of rotatable bonds is 4. The highest BCUT2D eigenvalue weighted by Crippen LogP contribution is 2.26. The lowest BCUT2D eigenvalue weighted by atomic mass is 10.1. The standard InChI is InChI=1S/C13H17NO2/c1-9(2)10(3)16-13-7-12(15-4)6-5-11(13)8-14/h5-7,9-10H,1-4H3. The zero-order valence-electron chi connectivity index (χ0n) is 10.2. The van der Waals surface area contributed by atoms with Crippen molar-refractivity contribution in [2.75, 3.05) is 7.11 Å². The Hall–Kier alpha value is -1.69. The molecule has 0 fully saturated rings. The van der Waals surface area contributed by atoms with Gasteiger partial charge < -0.3 is 9.47 Å². The lowest BCUT2D eigenvalue weighted by molar-refractivity contribution is 0.169. The van der Waals surface area contributed by atoms with E-state index in [0.29, 0.717) is 23.0 Å². The molecule has 1 unspecified atom stereocenters. The van der Waals surface area contributed by atoms with Crippen LogP contribution in [-0.4, -0.2) is 13.2 Å². The first kappa shape index (κ1) is 12.4. The van der Waals surface area contributed by atoms with E-state index in [1.807, 2.05) is 6.92 Å². The fourth-order valence-corrected chi connectivity index (χ4v) is 1.16. The second kappa shape index (κ2) is 5.41. The van der Waals surface area contributed by atoms with Gasteiger partial charge in [0.1, 0.15) is 17.6 Å². The number of benzene rings is 1. The summed E-state index contributed by atoms with van der Waals surface area (Å²) in [4.78, 5) is 0. The third-order valence-corrected chi connectivity index (χ3v) is 2.56. The minimum Gasteiger partial charge on any atom is -0.497 e. The second-order valence-electron chi connectivity index (χ2n) is 4.04. The molecule has 0 radical (unpaired) electrons. The maximum atomic E-state index is 8.96. The smallest absolute Gasteiger partial charge is 0.141 e. The molecule has 1 atom stereocenters. The minimum absolute atomic E-state index is 0.0687. The number of hydrogen-bond donors (Lipinski definition) is 0. The summed E-state index contributed by atoms with van der Waals surface area (Å²) in [6.07, 6.45) is 0.0687. The number of hydrogen-bond acceptors (Lipinski definition) is 3. The SMILES string of the molecule is COc1ccc(C#N)c(OC(C)C(C)C)c1. The first-order valence-electron chi connectivity index (χ1n) is 5.33. The highest BCUT2D eigenvalue weighted by Gasteiger charge is 2.12. The molecule has 3 heteroatoms. The van der Waals surface area contributed by atoms with Crippen LogP contribution in [0, 0.1) is 17.2 Å². The number of nitrogens with zero attached hydrogens (tertiary/aromatic N) is 1. The quantitative estimate of drug-likeness (QED) is 0.781. The second-order valence-corrected chi connectivity index (χ2v) is 4.04.